The zero-order valence-electron chi connectivity index (χ0n) is 19.8. The number of rotatable bonds is 2. The quantitative estimate of drug-likeness (QED) is 0.654. The van der Waals surface area contributed by atoms with Crippen molar-refractivity contribution in [2.45, 2.75) is 40.5 Å². The third kappa shape index (κ3) is 4.90. The first kappa shape index (κ1) is 22.2. The van der Waals surface area contributed by atoms with Crippen LogP contribution in [0.4, 0.5) is 5.69 Å². The smallest absolute Gasteiger partial charge is 0.223 e. The summed E-state index contributed by atoms with van der Waals surface area (Å²) in [7, 11) is 1.66. The Morgan fingerprint density at radius 2 is 1.88 bits per heavy atom. The van der Waals surface area contributed by atoms with Gasteiger partial charge in [-0.3, -0.25) is 4.79 Å². The molecule has 1 saturated heterocycles. The van der Waals surface area contributed by atoms with Gasteiger partial charge in [-0.05, 0) is 48.6 Å². The minimum Gasteiger partial charge on any atom is -0.497 e. The summed E-state index contributed by atoms with van der Waals surface area (Å²) in [6.07, 6.45) is 1.47. The van der Waals surface area contributed by atoms with Gasteiger partial charge in [-0.25, -0.2) is 4.99 Å². The van der Waals surface area contributed by atoms with Crippen LogP contribution in [-0.2, 0) is 4.79 Å². The minimum atomic E-state index is -0.00831. The fourth-order valence-electron chi connectivity index (χ4n) is 4.17. The van der Waals surface area contributed by atoms with E-state index in [9.17, 15) is 4.79 Å². The van der Waals surface area contributed by atoms with Gasteiger partial charge in [0.05, 0.1) is 12.7 Å². The second-order valence-corrected chi connectivity index (χ2v) is 9.83. The molecule has 170 valence electrons. The summed E-state index contributed by atoms with van der Waals surface area (Å²) in [5.41, 5.74) is 2.86. The van der Waals surface area contributed by atoms with Crippen molar-refractivity contribution < 1.29 is 14.3 Å². The number of fused-ring (bicyclic) bond motifs is 2. The Labute approximate surface area is 190 Å². The number of carbonyl (C=O) groups excluding carboxylic acids is 1. The zero-order chi connectivity index (χ0) is 22.9. The third-order valence-corrected chi connectivity index (χ3v) is 5.82. The maximum absolute atomic E-state index is 12.8. The molecule has 2 aliphatic heterocycles. The van der Waals surface area contributed by atoms with Crippen LogP contribution in [0.1, 0.15) is 44.7 Å². The van der Waals surface area contributed by atoms with Crippen LogP contribution in [-0.4, -0.2) is 54.8 Å². The van der Waals surface area contributed by atoms with Crippen molar-refractivity contribution in [3.8, 4) is 17.2 Å². The van der Waals surface area contributed by atoms with E-state index in [0.29, 0.717) is 13.0 Å². The molecular formula is C26H33N3O3. The molecule has 0 N–H and O–H groups in total. The van der Waals surface area contributed by atoms with Crippen LogP contribution < -0.4 is 9.47 Å². The number of hydrogen-bond acceptors (Lipinski definition) is 5. The molecule has 0 spiro atoms. The molecular weight excluding hydrogens is 402 g/mol. The van der Waals surface area contributed by atoms with E-state index in [4.69, 9.17) is 14.5 Å². The molecule has 1 fully saturated rings. The highest BCUT2D eigenvalue weighted by Gasteiger charge is 2.27. The zero-order valence-corrected chi connectivity index (χ0v) is 19.8. The van der Waals surface area contributed by atoms with Gasteiger partial charge in [0.2, 0.25) is 5.91 Å². The molecule has 0 unspecified atom stereocenters. The number of amides is 1. The summed E-state index contributed by atoms with van der Waals surface area (Å²) < 4.78 is 11.7. The summed E-state index contributed by atoms with van der Waals surface area (Å²) in [5.74, 6) is 3.34. The standard InChI is InChI=1S/C26H33N3O3/c1-18-7-10-21-23(15-18)32-22-16-19(31-5)8-9-20(22)25(27-21)29-12-6-11-28(13-14-29)24(30)17-26(2,3)4/h7-10,15-16H,6,11-14,17H2,1-5H3. The second kappa shape index (κ2) is 8.85. The highest BCUT2D eigenvalue weighted by Crippen LogP contribution is 2.40. The molecule has 6 heteroatoms. The van der Waals surface area contributed by atoms with Crippen LogP contribution in [0.2, 0.25) is 0 Å². The van der Waals surface area contributed by atoms with Crippen molar-refractivity contribution >= 4 is 17.4 Å². The SMILES string of the molecule is COc1ccc2c(c1)Oc1cc(C)ccc1N=C2N1CCCN(C(=O)CC(C)(C)C)CC1. The lowest BCUT2D eigenvalue weighted by Crippen LogP contribution is -2.38. The average Bonchev–Trinajstić information content (AvgIpc) is 3.06. The Kier molecular flexibility index (Phi) is 6.13. The van der Waals surface area contributed by atoms with E-state index in [1.165, 1.54) is 0 Å². The lowest BCUT2D eigenvalue weighted by Gasteiger charge is -2.27. The predicted molar refractivity (Wildman–Crippen MR) is 127 cm³/mol. The largest absolute Gasteiger partial charge is 0.497 e. The van der Waals surface area contributed by atoms with E-state index in [-0.39, 0.29) is 11.3 Å². The van der Waals surface area contributed by atoms with Gasteiger partial charge in [0.25, 0.3) is 0 Å². The van der Waals surface area contributed by atoms with Gasteiger partial charge in [0.1, 0.15) is 23.0 Å². The molecule has 0 saturated carbocycles. The number of benzene rings is 2. The fraction of sp³-hybridized carbons (Fsp3) is 0.462. The van der Waals surface area contributed by atoms with E-state index < -0.39 is 0 Å². The highest BCUT2D eigenvalue weighted by atomic mass is 16.5. The van der Waals surface area contributed by atoms with Gasteiger partial charge in [-0.15, -0.1) is 0 Å². The van der Waals surface area contributed by atoms with Crippen LogP contribution in [0.3, 0.4) is 0 Å². The lowest BCUT2D eigenvalue weighted by atomic mass is 9.91. The summed E-state index contributed by atoms with van der Waals surface area (Å²) >= 11 is 0. The van der Waals surface area contributed by atoms with Crippen molar-refractivity contribution in [1.82, 2.24) is 9.80 Å². The number of aryl methyl sites for hydroxylation is 1. The highest BCUT2D eigenvalue weighted by molar-refractivity contribution is 6.04. The molecule has 0 aromatic heterocycles. The van der Waals surface area contributed by atoms with Gasteiger partial charge in [-0.2, -0.15) is 0 Å². The molecule has 2 aromatic rings. The van der Waals surface area contributed by atoms with Gasteiger partial charge in [0, 0.05) is 38.7 Å². The molecule has 4 rings (SSSR count). The number of methoxy groups -OCH3 is 1. The van der Waals surface area contributed by atoms with Crippen LogP contribution in [0.5, 0.6) is 17.2 Å². The Balaban J connectivity index is 1.66. The van der Waals surface area contributed by atoms with Gasteiger partial charge in [-0.1, -0.05) is 26.8 Å². The summed E-state index contributed by atoms with van der Waals surface area (Å²) in [5, 5.41) is 0. The number of carbonyl (C=O) groups is 1. The molecule has 2 heterocycles. The van der Waals surface area contributed by atoms with Crippen LogP contribution in [0.15, 0.2) is 41.4 Å². The van der Waals surface area contributed by atoms with Crippen molar-refractivity contribution in [3.05, 3.63) is 47.5 Å². The van der Waals surface area contributed by atoms with Gasteiger partial charge >= 0.3 is 0 Å². The topological polar surface area (TPSA) is 54.4 Å². The molecule has 0 bridgehead atoms. The van der Waals surface area contributed by atoms with Crippen LogP contribution in [0.25, 0.3) is 0 Å². The minimum absolute atomic E-state index is 0.00831. The van der Waals surface area contributed by atoms with Gasteiger partial charge < -0.3 is 19.3 Å². The lowest BCUT2D eigenvalue weighted by molar-refractivity contribution is -0.132. The van der Waals surface area contributed by atoms with Crippen LogP contribution in [0, 0.1) is 12.3 Å². The van der Waals surface area contributed by atoms with Crippen molar-refractivity contribution in [2.75, 3.05) is 33.3 Å². The van der Waals surface area contributed by atoms with Crippen molar-refractivity contribution in [1.29, 1.82) is 0 Å². The van der Waals surface area contributed by atoms with Crippen LogP contribution >= 0.6 is 0 Å². The molecule has 1 amide bonds. The number of amidine groups is 1. The van der Waals surface area contributed by atoms with Crippen molar-refractivity contribution in [3.63, 3.8) is 0 Å². The number of aliphatic imine (C=N–C) groups is 1. The van der Waals surface area contributed by atoms with Crippen molar-refractivity contribution in [2.24, 2.45) is 10.4 Å². The monoisotopic (exact) mass is 435 g/mol. The Morgan fingerprint density at radius 1 is 1.06 bits per heavy atom. The fourth-order valence-corrected chi connectivity index (χ4v) is 4.17. The number of nitrogens with zero attached hydrogens (tertiary/aromatic N) is 3. The first-order valence-electron chi connectivity index (χ1n) is 11.3. The van der Waals surface area contributed by atoms with E-state index in [1.54, 1.807) is 7.11 Å². The molecule has 32 heavy (non-hydrogen) atoms. The second-order valence-electron chi connectivity index (χ2n) is 9.83. The predicted octanol–water partition coefficient (Wildman–Crippen LogP) is 5.16. The van der Waals surface area contributed by atoms with E-state index >= 15 is 0 Å². The first-order chi connectivity index (χ1) is 15.2. The molecule has 0 aliphatic carbocycles. The number of ether oxygens (including phenoxy) is 2. The summed E-state index contributed by atoms with van der Waals surface area (Å²) in [6.45, 7) is 11.4. The van der Waals surface area contributed by atoms with Gasteiger partial charge in [0.15, 0.2) is 5.75 Å². The van der Waals surface area contributed by atoms with E-state index in [2.05, 4.69) is 31.7 Å². The molecule has 0 atom stereocenters. The Hall–Kier alpha value is -3.02. The Bertz CT molecular complexity index is 1040. The maximum Gasteiger partial charge on any atom is 0.223 e. The Morgan fingerprint density at radius 3 is 2.62 bits per heavy atom. The summed E-state index contributed by atoms with van der Waals surface area (Å²) in [4.78, 5) is 22.1. The van der Waals surface area contributed by atoms with E-state index in [1.807, 2.05) is 42.2 Å². The molecule has 6 nitrogen and oxygen atoms in total. The third-order valence-electron chi connectivity index (χ3n) is 5.82. The maximum atomic E-state index is 12.8. The van der Waals surface area contributed by atoms with E-state index in [0.717, 1.165) is 66.0 Å². The molecule has 2 aliphatic rings. The molecule has 2 aromatic carbocycles. The normalized spacial score (nSPS) is 16.2. The average molecular weight is 436 g/mol. The molecule has 0 radical (unpaired) electrons. The first-order valence-corrected chi connectivity index (χ1v) is 11.3. The summed E-state index contributed by atoms with van der Waals surface area (Å²) in [6, 6.07) is 11.9. The number of hydrogen-bond donors (Lipinski definition) is 0.